The van der Waals surface area contributed by atoms with E-state index in [4.69, 9.17) is 18.8 Å². The standard InChI is InChI=1S/C35H51BF3N5O5Si/c1-32(2,3)47-31(45)42-27-13-11-12-26(27)41-30-40-19-25(35(37,38)39)29(43-30)24-20-44(21-46-16-17-50(8,9)10)28-18-22(14-15-23(24)28)36-48-33(4,5)34(6,7)49-36/h14-15,18-20,26-27H,11-13,16-17,21H2,1-10H3,(H,42,45)(H,40,41,43)/t26-,27?/m0/s1. The number of benzene rings is 1. The number of ether oxygens (including phenoxy) is 2. The van der Waals surface area contributed by atoms with E-state index in [1.807, 2.05) is 44.4 Å². The third-order valence-corrected chi connectivity index (χ3v) is 11.2. The van der Waals surface area contributed by atoms with Gasteiger partial charge in [0.15, 0.2) is 0 Å². The van der Waals surface area contributed by atoms with Crippen molar-refractivity contribution < 1.29 is 36.7 Å². The van der Waals surface area contributed by atoms with Crippen molar-refractivity contribution in [1.82, 2.24) is 19.9 Å². The molecule has 5 rings (SSSR count). The van der Waals surface area contributed by atoms with Gasteiger partial charge in [0.1, 0.15) is 17.9 Å². The van der Waals surface area contributed by atoms with Crippen LogP contribution in [0.4, 0.5) is 23.9 Å². The summed E-state index contributed by atoms with van der Waals surface area (Å²) in [6.45, 7) is 20.7. The lowest BCUT2D eigenvalue weighted by Gasteiger charge is -2.32. The molecule has 2 N–H and O–H groups in total. The van der Waals surface area contributed by atoms with Gasteiger partial charge in [-0.2, -0.15) is 13.2 Å². The van der Waals surface area contributed by atoms with E-state index in [1.165, 1.54) is 0 Å². The van der Waals surface area contributed by atoms with Crippen molar-refractivity contribution in [3.05, 3.63) is 36.2 Å². The van der Waals surface area contributed by atoms with Crippen molar-refractivity contribution in [1.29, 1.82) is 0 Å². The summed E-state index contributed by atoms with van der Waals surface area (Å²) in [5.74, 6) is 0.0389. The Morgan fingerprint density at radius 3 is 2.36 bits per heavy atom. The number of anilines is 1. The molecule has 2 aromatic heterocycles. The number of alkyl carbamates (subject to hydrolysis) is 1. The highest BCUT2D eigenvalue weighted by Crippen LogP contribution is 2.41. The molecule has 15 heteroatoms. The fraction of sp³-hybridized carbons (Fsp3) is 0.629. The largest absolute Gasteiger partial charge is 0.494 e. The molecule has 1 aliphatic heterocycles. The summed E-state index contributed by atoms with van der Waals surface area (Å²) in [5.41, 5.74) is -1.29. The molecule has 1 unspecified atom stereocenters. The Bertz CT molecular complexity index is 1690. The first kappa shape index (κ1) is 38.1. The van der Waals surface area contributed by atoms with Crippen LogP contribution < -0.4 is 16.1 Å². The Hall–Kier alpha value is -3.14. The molecule has 2 atom stereocenters. The van der Waals surface area contributed by atoms with Crippen molar-refractivity contribution in [2.45, 2.75) is 135 Å². The number of alkyl halides is 3. The Kier molecular flexibility index (Phi) is 10.5. The van der Waals surface area contributed by atoms with E-state index >= 15 is 0 Å². The molecule has 10 nitrogen and oxygen atoms in total. The van der Waals surface area contributed by atoms with Gasteiger partial charge in [-0.25, -0.2) is 14.8 Å². The molecular weight excluding hydrogens is 666 g/mol. The van der Waals surface area contributed by atoms with Gasteiger partial charge in [0.25, 0.3) is 0 Å². The lowest BCUT2D eigenvalue weighted by atomic mass is 9.78. The van der Waals surface area contributed by atoms with Gasteiger partial charge in [-0.3, -0.25) is 0 Å². The van der Waals surface area contributed by atoms with Crippen LogP contribution in [-0.4, -0.2) is 71.3 Å². The van der Waals surface area contributed by atoms with E-state index in [9.17, 15) is 18.0 Å². The second kappa shape index (κ2) is 13.8. The molecule has 0 spiro atoms. The van der Waals surface area contributed by atoms with Gasteiger partial charge in [-0.15, -0.1) is 0 Å². The van der Waals surface area contributed by atoms with Crippen molar-refractivity contribution in [3.8, 4) is 11.3 Å². The van der Waals surface area contributed by atoms with Crippen LogP contribution in [0.5, 0.6) is 0 Å². The maximum Gasteiger partial charge on any atom is 0.494 e. The first-order valence-corrected chi connectivity index (χ1v) is 21.0. The molecule has 1 amide bonds. The zero-order valence-electron chi connectivity index (χ0n) is 30.9. The third kappa shape index (κ3) is 8.83. The number of hydrogen-bond donors (Lipinski definition) is 2. The summed E-state index contributed by atoms with van der Waals surface area (Å²) in [4.78, 5) is 21.1. The number of fused-ring (bicyclic) bond motifs is 1. The van der Waals surface area contributed by atoms with Crippen molar-refractivity contribution in [2.75, 3.05) is 11.9 Å². The second-order valence-electron chi connectivity index (χ2n) is 16.6. The Morgan fingerprint density at radius 2 is 1.74 bits per heavy atom. The minimum absolute atomic E-state index is 0.0389. The summed E-state index contributed by atoms with van der Waals surface area (Å²) in [6, 6.07) is 5.85. The van der Waals surface area contributed by atoms with Gasteiger partial charge >= 0.3 is 19.4 Å². The first-order valence-electron chi connectivity index (χ1n) is 17.3. The number of amides is 1. The lowest BCUT2D eigenvalue weighted by Crippen LogP contribution is -2.45. The van der Waals surface area contributed by atoms with Gasteiger partial charge < -0.3 is 34.0 Å². The highest BCUT2D eigenvalue weighted by molar-refractivity contribution is 6.76. The molecular formula is C35H51BF3N5O5Si. The van der Waals surface area contributed by atoms with Crippen molar-refractivity contribution >= 4 is 43.6 Å². The summed E-state index contributed by atoms with van der Waals surface area (Å²) in [6.07, 6.45) is -0.616. The zero-order chi connectivity index (χ0) is 36.9. The molecule has 1 saturated carbocycles. The Balaban J connectivity index is 1.52. The van der Waals surface area contributed by atoms with Crippen LogP contribution in [0.3, 0.4) is 0 Å². The molecule has 274 valence electrons. The molecule has 3 aromatic rings. The third-order valence-electron chi connectivity index (χ3n) is 9.54. The van der Waals surface area contributed by atoms with Crippen LogP contribution in [-0.2, 0) is 31.7 Å². The van der Waals surface area contributed by atoms with Crippen LogP contribution in [0.25, 0.3) is 22.2 Å². The minimum Gasteiger partial charge on any atom is -0.444 e. The zero-order valence-corrected chi connectivity index (χ0v) is 31.9. The van der Waals surface area contributed by atoms with Crippen LogP contribution in [0.1, 0.15) is 73.3 Å². The first-order chi connectivity index (χ1) is 23.0. The lowest BCUT2D eigenvalue weighted by molar-refractivity contribution is -0.137. The van der Waals surface area contributed by atoms with E-state index in [-0.39, 0.29) is 30.5 Å². The molecule has 3 heterocycles. The molecule has 2 fully saturated rings. The van der Waals surface area contributed by atoms with Crippen molar-refractivity contribution in [3.63, 3.8) is 0 Å². The predicted molar refractivity (Wildman–Crippen MR) is 192 cm³/mol. The normalized spacial score (nSPS) is 20.8. The number of rotatable bonds is 10. The van der Waals surface area contributed by atoms with Gasteiger partial charge in [-0.05, 0) is 85.3 Å². The Morgan fingerprint density at radius 1 is 1.08 bits per heavy atom. The van der Waals surface area contributed by atoms with Gasteiger partial charge in [-0.1, -0.05) is 31.8 Å². The molecule has 2 aliphatic rings. The van der Waals surface area contributed by atoms with E-state index in [0.717, 1.165) is 24.1 Å². The molecule has 0 radical (unpaired) electrons. The predicted octanol–water partition coefficient (Wildman–Crippen LogP) is 7.59. The van der Waals surface area contributed by atoms with E-state index in [1.54, 1.807) is 33.0 Å². The average molecular weight is 718 g/mol. The number of carbonyl (C=O) groups is 1. The second-order valence-corrected chi connectivity index (χ2v) is 22.2. The van der Waals surface area contributed by atoms with Gasteiger partial charge in [0.2, 0.25) is 5.95 Å². The number of nitrogens with one attached hydrogen (secondary N) is 2. The Labute approximate surface area is 294 Å². The molecule has 1 aliphatic carbocycles. The number of halogens is 3. The molecule has 0 bridgehead atoms. The number of aromatic nitrogens is 3. The van der Waals surface area contributed by atoms with E-state index in [2.05, 4.69) is 40.2 Å². The number of carbonyl (C=O) groups excluding carboxylic acids is 1. The fourth-order valence-electron chi connectivity index (χ4n) is 6.07. The highest BCUT2D eigenvalue weighted by atomic mass is 28.3. The molecule has 50 heavy (non-hydrogen) atoms. The number of hydrogen-bond acceptors (Lipinski definition) is 8. The van der Waals surface area contributed by atoms with Crippen molar-refractivity contribution in [2.24, 2.45) is 0 Å². The topological polar surface area (TPSA) is 109 Å². The average Bonchev–Trinajstić information content (AvgIpc) is 3.61. The highest BCUT2D eigenvalue weighted by Gasteiger charge is 2.51. The van der Waals surface area contributed by atoms with E-state index < -0.39 is 49.8 Å². The van der Waals surface area contributed by atoms with Crippen LogP contribution in [0.15, 0.2) is 30.6 Å². The minimum atomic E-state index is -4.72. The summed E-state index contributed by atoms with van der Waals surface area (Å²) in [5, 5.41) is 6.66. The SMILES string of the molecule is CC(C)(C)OC(=O)NC1CCC[C@@H]1Nc1ncc(C(F)(F)F)c(-c2cn(COCC[Si](C)(C)C)c3cc(B4OC(C)(C)C(C)(C)O4)ccc23)n1. The molecule has 1 saturated heterocycles. The molecule has 1 aromatic carbocycles. The summed E-state index contributed by atoms with van der Waals surface area (Å²) in [7, 11) is -2.03. The summed E-state index contributed by atoms with van der Waals surface area (Å²) < 4.78 is 69.6. The fourth-order valence-corrected chi connectivity index (χ4v) is 6.82. The van der Waals surface area contributed by atoms with Crippen LogP contribution >= 0.6 is 0 Å². The monoisotopic (exact) mass is 717 g/mol. The summed E-state index contributed by atoms with van der Waals surface area (Å²) >= 11 is 0. The van der Waals surface area contributed by atoms with E-state index in [0.29, 0.717) is 35.9 Å². The smallest absolute Gasteiger partial charge is 0.444 e. The van der Waals surface area contributed by atoms with Gasteiger partial charge in [0.05, 0.1) is 28.5 Å². The van der Waals surface area contributed by atoms with Gasteiger partial charge in [0, 0.05) is 44.1 Å². The maximum absolute atomic E-state index is 14.6. The van der Waals surface area contributed by atoms with Crippen LogP contribution in [0, 0.1) is 0 Å². The maximum atomic E-state index is 14.6. The quantitative estimate of drug-likeness (QED) is 0.163. The van der Waals surface area contributed by atoms with Crippen LogP contribution in [0.2, 0.25) is 25.7 Å². The number of nitrogens with zero attached hydrogens (tertiary/aromatic N) is 3.